The van der Waals surface area contributed by atoms with Crippen LogP contribution in [0.1, 0.15) is 22.3 Å². The molecule has 21 heavy (non-hydrogen) atoms. The van der Waals surface area contributed by atoms with Crippen LogP contribution in [0.4, 0.5) is 5.95 Å². The van der Waals surface area contributed by atoms with Gasteiger partial charge in [0.15, 0.2) is 0 Å². The highest BCUT2D eigenvalue weighted by atomic mass is 32.1. The van der Waals surface area contributed by atoms with Gasteiger partial charge in [0.1, 0.15) is 11.9 Å². The first-order chi connectivity index (χ1) is 10.3. The van der Waals surface area contributed by atoms with Gasteiger partial charge in [0, 0.05) is 10.6 Å². The lowest BCUT2D eigenvalue weighted by Crippen LogP contribution is -2.19. The van der Waals surface area contributed by atoms with Gasteiger partial charge in [-0.2, -0.15) is 10.1 Å². The molecular weight excluding hydrogens is 280 g/mol. The molecule has 1 unspecified atom stereocenters. The topological polar surface area (TPSA) is 42.7 Å². The monoisotopic (exact) mass is 294 g/mol. The smallest absolute Gasteiger partial charge is 0.226 e. The van der Waals surface area contributed by atoms with Gasteiger partial charge in [-0.05, 0) is 30.0 Å². The van der Waals surface area contributed by atoms with Crippen molar-refractivity contribution in [2.75, 3.05) is 5.32 Å². The van der Waals surface area contributed by atoms with Gasteiger partial charge in [-0.1, -0.05) is 36.4 Å². The molecule has 5 heteroatoms. The average Bonchev–Trinajstić information content (AvgIpc) is 3.15. The second-order valence-electron chi connectivity index (χ2n) is 4.96. The lowest BCUT2D eigenvalue weighted by molar-refractivity contribution is 0.615. The van der Waals surface area contributed by atoms with Crippen LogP contribution in [0.25, 0.3) is 5.70 Å². The predicted octanol–water partition coefficient (Wildman–Crippen LogP) is 3.70. The van der Waals surface area contributed by atoms with Gasteiger partial charge in [-0.25, -0.2) is 4.68 Å². The van der Waals surface area contributed by atoms with E-state index in [2.05, 4.69) is 51.1 Å². The van der Waals surface area contributed by atoms with E-state index in [9.17, 15) is 0 Å². The molecule has 0 saturated heterocycles. The number of benzene rings is 1. The molecule has 1 aromatic carbocycles. The Morgan fingerprint density at radius 2 is 2.00 bits per heavy atom. The van der Waals surface area contributed by atoms with Crippen molar-refractivity contribution >= 4 is 23.0 Å². The van der Waals surface area contributed by atoms with Crippen molar-refractivity contribution in [2.45, 2.75) is 13.0 Å². The molecule has 0 amide bonds. The molecule has 4 rings (SSSR count). The first-order valence-electron chi connectivity index (χ1n) is 6.82. The van der Waals surface area contributed by atoms with Crippen LogP contribution in [0, 0.1) is 6.92 Å². The molecule has 0 radical (unpaired) electrons. The Bertz CT molecular complexity index is 787. The zero-order valence-corrected chi connectivity index (χ0v) is 12.3. The van der Waals surface area contributed by atoms with Gasteiger partial charge < -0.3 is 5.32 Å². The summed E-state index contributed by atoms with van der Waals surface area (Å²) in [5, 5.41) is 10.00. The number of aromatic nitrogens is 3. The lowest BCUT2D eigenvalue weighted by atomic mass is 10.1. The molecule has 1 aliphatic rings. The highest BCUT2D eigenvalue weighted by Crippen LogP contribution is 2.34. The molecule has 0 fully saturated rings. The Balaban J connectivity index is 1.84. The molecule has 3 heterocycles. The van der Waals surface area contributed by atoms with Gasteiger partial charge in [0.2, 0.25) is 5.95 Å². The predicted molar refractivity (Wildman–Crippen MR) is 85.3 cm³/mol. The van der Waals surface area contributed by atoms with E-state index < -0.39 is 0 Å². The van der Waals surface area contributed by atoms with Crippen LogP contribution in [-0.4, -0.2) is 14.8 Å². The maximum Gasteiger partial charge on any atom is 0.226 e. The van der Waals surface area contributed by atoms with Crippen molar-refractivity contribution in [3.05, 3.63) is 70.2 Å². The van der Waals surface area contributed by atoms with Crippen molar-refractivity contribution in [2.24, 2.45) is 0 Å². The minimum atomic E-state index is 0.0951. The third-order valence-corrected chi connectivity index (χ3v) is 4.43. The molecule has 1 aliphatic heterocycles. The van der Waals surface area contributed by atoms with Crippen LogP contribution in [0.3, 0.4) is 0 Å². The fourth-order valence-corrected chi connectivity index (χ4v) is 3.33. The number of hydrogen-bond acceptors (Lipinski definition) is 4. The average molecular weight is 294 g/mol. The maximum absolute atomic E-state index is 4.52. The fourth-order valence-electron chi connectivity index (χ4n) is 2.55. The molecular formula is C16H14N4S. The third kappa shape index (κ3) is 2.15. The number of nitrogens with zero attached hydrogens (tertiary/aromatic N) is 3. The van der Waals surface area contributed by atoms with E-state index in [0.717, 1.165) is 23.0 Å². The Morgan fingerprint density at radius 3 is 2.76 bits per heavy atom. The number of nitrogens with one attached hydrogen (secondary N) is 1. The first kappa shape index (κ1) is 12.3. The summed E-state index contributed by atoms with van der Waals surface area (Å²) < 4.78 is 1.95. The van der Waals surface area contributed by atoms with Crippen LogP contribution in [0.15, 0.2) is 53.9 Å². The van der Waals surface area contributed by atoms with Crippen molar-refractivity contribution in [1.82, 2.24) is 14.8 Å². The van der Waals surface area contributed by atoms with Crippen LogP contribution in [0.2, 0.25) is 0 Å². The Hall–Kier alpha value is -2.40. The molecule has 0 aliphatic carbocycles. The summed E-state index contributed by atoms with van der Waals surface area (Å²) in [6.45, 7) is 1.92. The van der Waals surface area contributed by atoms with Crippen molar-refractivity contribution in [3.8, 4) is 0 Å². The Morgan fingerprint density at radius 1 is 1.14 bits per heavy atom. The maximum atomic E-state index is 4.52. The summed E-state index contributed by atoms with van der Waals surface area (Å²) in [6, 6.07) is 14.6. The first-order valence-corrected chi connectivity index (χ1v) is 7.70. The van der Waals surface area contributed by atoms with Gasteiger partial charge in [-0.3, -0.25) is 0 Å². The number of fused-ring (bicyclic) bond motifs is 1. The number of hydrogen-bond donors (Lipinski definition) is 1. The van der Waals surface area contributed by atoms with Crippen molar-refractivity contribution in [3.63, 3.8) is 0 Å². The Kier molecular flexibility index (Phi) is 2.86. The second kappa shape index (κ2) is 4.86. The zero-order chi connectivity index (χ0) is 14.2. The second-order valence-corrected chi connectivity index (χ2v) is 5.94. The minimum Gasteiger partial charge on any atom is -0.324 e. The molecule has 0 spiro atoms. The summed E-state index contributed by atoms with van der Waals surface area (Å²) in [5.74, 6) is 1.58. The minimum absolute atomic E-state index is 0.0951. The summed E-state index contributed by atoms with van der Waals surface area (Å²) >= 11 is 1.74. The fraction of sp³-hybridized carbons (Fsp3) is 0.125. The summed E-state index contributed by atoms with van der Waals surface area (Å²) in [7, 11) is 0. The normalized spacial score (nSPS) is 17.0. The third-order valence-electron chi connectivity index (χ3n) is 3.49. The molecule has 1 N–H and O–H groups in total. The van der Waals surface area contributed by atoms with Gasteiger partial charge in [0.05, 0.1) is 0 Å². The molecule has 104 valence electrons. The van der Waals surface area contributed by atoms with Crippen LogP contribution < -0.4 is 5.32 Å². The number of allylic oxidation sites excluding steroid dienone is 1. The van der Waals surface area contributed by atoms with E-state index in [1.807, 2.05) is 29.8 Å². The summed E-state index contributed by atoms with van der Waals surface area (Å²) in [6.07, 6.45) is 2.21. The molecule has 0 bridgehead atoms. The standard InChI is InChI=1S/C16H14N4S/c1-11-17-16-18-13(12-6-3-2-4-7-12)10-14(20(16)19-11)15-8-5-9-21-15/h2-10,14H,1H3,(H,17,18,19). The largest absolute Gasteiger partial charge is 0.324 e. The summed E-state index contributed by atoms with van der Waals surface area (Å²) in [5.41, 5.74) is 2.24. The lowest BCUT2D eigenvalue weighted by Gasteiger charge is -2.23. The zero-order valence-electron chi connectivity index (χ0n) is 11.5. The van der Waals surface area contributed by atoms with E-state index in [1.54, 1.807) is 11.3 Å². The van der Waals surface area contributed by atoms with Crippen LogP contribution >= 0.6 is 11.3 Å². The molecule has 2 aromatic heterocycles. The number of thiophene rings is 1. The van der Waals surface area contributed by atoms with E-state index in [1.165, 1.54) is 4.88 Å². The van der Waals surface area contributed by atoms with Crippen molar-refractivity contribution in [1.29, 1.82) is 0 Å². The Labute approximate surface area is 126 Å². The van der Waals surface area contributed by atoms with Gasteiger partial charge in [-0.15, -0.1) is 11.3 Å². The van der Waals surface area contributed by atoms with Crippen LogP contribution in [-0.2, 0) is 0 Å². The number of rotatable bonds is 2. The number of anilines is 1. The van der Waals surface area contributed by atoms with Gasteiger partial charge >= 0.3 is 0 Å². The van der Waals surface area contributed by atoms with E-state index in [4.69, 9.17) is 0 Å². The highest BCUT2D eigenvalue weighted by Gasteiger charge is 2.24. The molecule has 1 atom stereocenters. The van der Waals surface area contributed by atoms with E-state index >= 15 is 0 Å². The molecule has 0 saturated carbocycles. The quantitative estimate of drug-likeness (QED) is 0.783. The molecule has 3 aromatic rings. The van der Waals surface area contributed by atoms with Crippen molar-refractivity contribution < 1.29 is 0 Å². The van der Waals surface area contributed by atoms with Crippen LogP contribution in [0.5, 0.6) is 0 Å². The SMILES string of the molecule is Cc1nc2n(n1)C(c1cccs1)C=C(c1ccccc1)N2. The number of aryl methyl sites for hydroxylation is 1. The summed E-state index contributed by atoms with van der Waals surface area (Å²) in [4.78, 5) is 5.75. The van der Waals surface area contributed by atoms with E-state index in [-0.39, 0.29) is 6.04 Å². The van der Waals surface area contributed by atoms with E-state index in [0.29, 0.717) is 0 Å². The van der Waals surface area contributed by atoms with Gasteiger partial charge in [0.25, 0.3) is 0 Å². The molecule has 4 nitrogen and oxygen atoms in total. The highest BCUT2D eigenvalue weighted by molar-refractivity contribution is 7.10.